The third kappa shape index (κ3) is 7.60. The molecule has 1 saturated heterocycles. The van der Waals surface area contributed by atoms with Crippen molar-refractivity contribution in [2.75, 3.05) is 20.1 Å². The molecule has 1 heterocycles. The number of ether oxygens (including phenoxy) is 1. The molecule has 8 nitrogen and oxygen atoms in total. The molecule has 1 atom stereocenters. The van der Waals surface area contributed by atoms with Crippen LogP contribution in [0.2, 0.25) is 0 Å². The zero-order chi connectivity index (χ0) is 20.7. The number of nitrogens with one attached hydrogen (secondary N) is 1. The monoisotopic (exact) mass is 390 g/mol. The van der Waals surface area contributed by atoms with E-state index >= 15 is 0 Å². The third-order valence-corrected chi connectivity index (χ3v) is 3.91. The average molecular weight is 390 g/mol. The Morgan fingerprint density at radius 2 is 1.75 bits per heavy atom. The van der Waals surface area contributed by atoms with Gasteiger partial charge < -0.3 is 19.4 Å². The van der Waals surface area contributed by atoms with E-state index in [1.54, 1.807) is 27.8 Å². The van der Waals surface area contributed by atoms with Gasteiger partial charge in [-0.05, 0) is 46.2 Å². The van der Waals surface area contributed by atoms with Gasteiger partial charge in [0.05, 0.1) is 19.0 Å². The number of likely N-dealkylation sites (N-methyl/N-ethyl adjacent to an activating group) is 1. The smallest absolute Gasteiger partial charge is 0.497 e. The summed E-state index contributed by atoms with van der Waals surface area (Å²) >= 11 is 0. The molecule has 0 aliphatic carbocycles. The molecule has 1 N–H and O–H groups in total. The summed E-state index contributed by atoms with van der Waals surface area (Å²) in [5.41, 5.74) is 0.354. The fourth-order valence-electron chi connectivity index (χ4n) is 2.72. The number of hydrogen-bond donors (Lipinski definition) is 1. The molecule has 1 aromatic rings. The largest absolute Gasteiger partial charge is 0.622 e. The highest BCUT2D eigenvalue weighted by molar-refractivity contribution is 6.51. The summed E-state index contributed by atoms with van der Waals surface area (Å²) in [6.07, 6.45) is 0.314. The average Bonchev–Trinajstić information content (AvgIpc) is 2.55. The normalized spacial score (nSPS) is 17.1. The second-order valence-corrected chi connectivity index (χ2v) is 7.80. The van der Waals surface area contributed by atoms with Crippen LogP contribution in [0.4, 0.5) is 4.79 Å². The molecule has 1 aliphatic heterocycles. The van der Waals surface area contributed by atoms with Gasteiger partial charge in [-0.3, -0.25) is 14.5 Å². The first kappa shape index (κ1) is 21.8. The molecule has 1 unspecified atom stereocenters. The van der Waals surface area contributed by atoms with E-state index in [0.29, 0.717) is 12.8 Å². The molecule has 2 rings (SSSR count). The summed E-state index contributed by atoms with van der Waals surface area (Å²) in [7, 11) is 0.402. The predicted molar refractivity (Wildman–Crippen MR) is 103 cm³/mol. The van der Waals surface area contributed by atoms with E-state index in [4.69, 9.17) is 14.0 Å². The number of nitrogens with zero attached hydrogens (tertiary/aromatic N) is 1. The minimum absolute atomic E-state index is 0.0383. The summed E-state index contributed by atoms with van der Waals surface area (Å²) in [4.78, 5) is 37.9. The molecule has 1 aromatic carbocycles. The first-order chi connectivity index (χ1) is 13.1. The molecule has 1 fully saturated rings. The van der Waals surface area contributed by atoms with E-state index in [-0.39, 0.29) is 13.1 Å². The van der Waals surface area contributed by atoms with Crippen LogP contribution in [-0.2, 0) is 30.1 Å². The molecule has 1 amide bonds. The van der Waals surface area contributed by atoms with Crippen molar-refractivity contribution in [1.82, 2.24) is 10.2 Å². The summed E-state index contributed by atoms with van der Waals surface area (Å²) < 4.78 is 15.9. The van der Waals surface area contributed by atoms with Crippen molar-refractivity contribution in [2.24, 2.45) is 0 Å². The Hall–Kier alpha value is -2.55. The number of alkyl carbamates (subject to hydrolysis) is 1. The Labute approximate surface area is 165 Å². The van der Waals surface area contributed by atoms with Crippen LogP contribution in [0.5, 0.6) is 0 Å². The Balaban J connectivity index is 2.13. The minimum atomic E-state index is -1.22. The minimum Gasteiger partial charge on any atom is -0.497 e. The van der Waals surface area contributed by atoms with Gasteiger partial charge in [-0.25, -0.2) is 4.79 Å². The fourth-order valence-corrected chi connectivity index (χ4v) is 2.72. The molecule has 1 aliphatic rings. The second kappa shape index (κ2) is 9.59. The van der Waals surface area contributed by atoms with Crippen molar-refractivity contribution >= 4 is 25.2 Å². The van der Waals surface area contributed by atoms with Crippen LogP contribution in [0.3, 0.4) is 0 Å². The molecule has 28 heavy (non-hydrogen) atoms. The molecule has 0 bridgehead atoms. The molecule has 0 saturated carbocycles. The van der Waals surface area contributed by atoms with E-state index in [1.807, 2.05) is 30.3 Å². The van der Waals surface area contributed by atoms with Gasteiger partial charge in [-0.15, -0.1) is 0 Å². The maximum absolute atomic E-state index is 12.3. The number of benzene rings is 1. The Kier molecular flexibility index (Phi) is 7.45. The van der Waals surface area contributed by atoms with E-state index in [9.17, 15) is 14.4 Å². The molecular weight excluding hydrogens is 363 g/mol. The molecular formula is C19H27BN2O6. The highest BCUT2D eigenvalue weighted by Gasteiger charge is 2.41. The fraction of sp³-hybridized carbons (Fsp3) is 0.526. The van der Waals surface area contributed by atoms with Gasteiger partial charge in [-0.2, -0.15) is 0 Å². The van der Waals surface area contributed by atoms with Gasteiger partial charge in [0.1, 0.15) is 5.60 Å². The lowest BCUT2D eigenvalue weighted by Gasteiger charge is -2.28. The van der Waals surface area contributed by atoms with Crippen molar-refractivity contribution in [3.05, 3.63) is 35.9 Å². The third-order valence-electron chi connectivity index (χ3n) is 3.91. The van der Waals surface area contributed by atoms with E-state index in [2.05, 4.69) is 5.32 Å². The van der Waals surface area contributed by atoms with Gasteiger partial charge in [0.25, 0.3) is 0 Å². The van der Waals surface area contributed by atoms with Crippen LogP contribution in [-0.4, -0.2) is 61.7 Å². The van der Waals surface area contributed by atoms with Crippen LogP contribution in [0, 0.1) is 0 Å². The van der Waals surface area contributed by atoms with Crippen LogP contribution in [0.1, 0.15) is 32.8 Å². The summed E-state index contributed by atoms with van der Waals surface area (Å²) in [5.74, 6) is -1.81. The van der Waals surface area contributed by atoms with Gasteiger partial charge >= 0.3 is 25.2 Å². The zero-order valence-corrected chi connectivity index (χ0v) is 16.8. The van der Waals surface area contributed by atoms with E-state index < -0.39 is 36.7 Å². The molecule has 0 spiro atoms. The molecule has 0 radical (unpaired) electrons. The Bertz CT molecular complexity index is 671. The lowest BCUT2D eigenvalue weighted by Crippen LogP contribution is -2.54. The van der Waals surface area contributed by atoms with Crippen molar-refractivity contribution in [3.8, 4) is 0 Å². The lowest BCUT2D eigenvalue weighted by atomic mass is 9.74. The highest BCUT2D eigenvalue weighted by atomic mass is 16.6. The number of rotatable bonds is 5. The predicted octanol–water partition coefficient (Wildman–Crippen LogP) is 1.57. The van der Waals surface area contributed by atoms with Crippen molar-refractivity contribution in [3.63, 3.8) is 0 Å². The van der Waals surface area contributed by atoms with Crippen LogP contribution in [0.15, 0.2) is 30.3 Å². The quantitative estimate of drug-likeness (QED) is 0.763. The van der Waals surface area contributed by atoms with E-state index in [1.165, 1.54) is 4.90 Å². The van der Waals surface area contributed by atoms with Crippen molar-refractivity contribution in [1.29, 1.82) is 0 Å². The van der Waals surface area contributed by atoms with Crippen LogP contribution < -0.4 is 5.32 Å². The summed E-state index contributed by atoms with van der Waals surface area (Å²) in [6, 6.07) is 9.65. The first-order valence-corrected chi connectivity index (χ1v) is 9.23. The number of hydrogen-bond acceptors (Lipinski definition) is 7. The second-order valence-electron chi connectivity index (χ2n) is 7.80. The van der Waals surface area contributed by atoms with Gasteiger partial charge in [0.15, 0.2) is 0 Å². The Morgan fingerprint density at radius 1 is 1.18 bits per heavy atom. The van der Waals surface area contributed by atoms with Crippen LogP contribution >= 0.6 is 0 Å². The maximum Gasteiger partial charge on any atom is 0.622 e. The van der Waals surface area contributed by atoms with Crippen molar-refractivity contribution < 1.29 is 28.4 Å². The highest BCUT2D eigenvalue weighted by Crippen LogP contribution is 2.13. The van der Waals surface area contributed by atoms with Crippen molar-refractivity contribution in [2.45, 2.75) is 45.2 Å². The Morgan fingerprint density at radius 3 is 2.29 bits per heavy atom. The number of aryl methyl sites for hydroxylation is 1. The molecule has 9 heteroatoms. The summed E-state index contributed by atoms with van der Waals surface area (Å²) in [5, 5.41) is 2.68. The van der Waals surface area contributed by atoms with E-state index in [0.717, 1.165) is 5.56 Å². The number of carbonyl (C=O) groups excluding carboxylic acids is 3. The standard InChI is InChI=1S/C19H27BN2O6/c1-19(2,3)26-18(25)21-15(11-10-14-8-6-5-7-9-14)20-27-16(23)12-22(4)13-17(24)28-20/h5-9,15H,10-13H2,1-4H3,(H,21,25). The summed E-state index contributed by atoms with van der Waals surface area (Å²) in [6.45, 7) is 5.17. The maximum atomic E-state index is 12.3. The zero-order valence-electron chi connectivity index (χ0n) is 16.8. The molecule has 0 aromatic heterocycles. The topological polar surface area (TPSA) is 94.2 Å². The van der Waals surface area contributed by atoms with Gasteiger partial charge in [0.2, 0.25) is 0 Å². The first-order valence-electron chi connectivity index (χ1n) is 9.23. The van der Waals surface area contributed by atoms with Gasteiger partial charge in [0, 0.05) is 0 Å². The lowest BCUT2D eigenvalue weighted by molar-refractivity contribution is -0.146. The number of carbonyl (C=O) groups is 3. The van der Waals surface area contributed by atoms with Crippen LogP contribution in [0.25, 0.3) is 0 Å². The van der Waals surface area contributed by atoms with Gasteiger partial charge in [-0.1, -0.05) is 30.3 Å². The SMILES string of the molecule is CN1CC(=O)OB(C(CCc2ccccc2)NC(=O)OC(C)(C)C)OC(=O)C1. The molecule has 152 valence electrons. The number of amides is 1.